The normalized spacial score (nSPS) is 17.3. The molecule has 2 rings (SSSR count). The molecule has 0 spiro atoms. The van der Waals surface area contributed by atoms with E-state index in [1.54, 1.807) is 6.07 Å². The standard InChI is InChI=1S/C16H24FN3O/c1-3-8-18-12(2)13-5-4-6-14(17)16(13)20-10-7-15(21)19-9-11-20/h4-6,12,18H,3,7-11H2,1-2H3,(H,19,21). The average Bonchev–Trinajstić information content (AvgIpc) is 2.69. The third kappa shape index (κ3) is 3.94. The van der Waals surface area contributed by atoms with Crippen LogP contribution in [0, 0.1) is 5.82 Å². The Kier molecular flexibility index (Phi) is 5.56. The second-order valence-corrected chi connectivity index (χ2v) is 5.44. The molecule has 1 saturated heterocycles. The number of halogens is 1. The van der Waals surface area contributed by atoms with E-state index in [4.69, 9.17) is 0 Å². The van der Waals surface area contributed by atoms with Crippen LogP contribution in [-0.2, 0) is 4.79 Å². The maximum absolute atomic E-state index is 14.4. The maximum Gasteiger partial charge on any atom is 0.221 e. The number of para-hydroxylation sites is 1. The Hall–Kier alpha value is -1.62. The lowest BCUT2D eigenvalue weighted by Crippen LogP contribution is -2.31. The van der Waals surface area contributed by atoms with E-state index in [0.717, 1.165) is 18.5 Å². The first-order valence-electron chi connectivity index (χ1n) is 7.67. The second-order valence-electron chi connectivity index (χ2n) is 5.44. The lowest BCUT2D eigenvalue weighted by molar-refractivity contribution is -0.120. The second kappa shape index (κ2) is 7.41. The zero-order valence-electron chi connectivity index (χ0n) is 12.8. The third-order valence-corrected chi connectivity index (χ3v) is 3.81. The Morgan fingerprint density at radius 3 is 3.00 bits per heavy atom. The molecule has 0 aliphatic carbocycles. The Morgan fingerprint density at radius 2 is 2.24 bits per heavy atom. The smallest absolute Gasteiger partial charge is 0.221 e. The minimum absolute atomic E-state index is 0.0348. The Bertz CT molecular complexity index is 492. The van der Waals surface area contributed by atoms with Crippen molar-refractivity contribution in [3.05, 3.63) is 29.6 Å². The van der Waals surface area contributed by atoms with E-state index < -0.39 is 0 Å². The van der Waals surface area contributed by atoms with Crippen LogP contribution in [0.25, 0.3) is 0 Å². The van der Waals surface area contributed by atoms with Crippen LogP contribution < -0.4 is 15.5 Å². The van der Waals surface area contributed by atoms with Crippen molar-refractivity contribution in [2.75, 3.05) is 31.1 Å². The van der Waals surface area contributed by atoms with E-state index in [1.165, 1.54) is 6.07 Å². The minimum atomic E-state index is -0.216. The fraction of sp³-hybridized carbons (Fsp3) is 0.562. The zero-order chi connectivity index (χ0) is 15.2. The molecule has 0 saturated carbocycles. The van der Waals surface area contributed by atoms with Crippen molar-refractivity contribution < 1.29 is 9.18 Å². The molecule has 1 aliphatic rings. The summed E-state index contributed by atoms with van der Waals surface area (Å²) in [5.74, 6) is -0.181. The Morgan fingerprint density at radius 1 is 1.43 bits per heavy atom. The molecular weight excluding hydrogens is 269 g/mol. The van der Waals surface area contributed by atoms with Crippen molar-refractivity contribution in [3.63, 3.8) is 0 Å². The number of carbonyl (C=O) groups excluding carboxylic acids is 1. The van der Waals surface area contributed by atoms with Gasteiger partial charge in [0, 0.05) is 32.1 Å². The van der Waals surface area contributed by atoms with E-state index in [-0.39, 0.29) is 17.8 Å². The van der Waals surface area contributed by atoms with E-state index in [0.29, 0.717) is 31.7 Å². The first kappa shape index (κ1) is 15.8. The molecule has 1 unspecified atom stereocenters. The van der Waals surface area contributed by atoms with Crippen molar-refractivity contribution in [2.24, 2.45) is 0 Å². The lowest BCUT2D eigenvalue weighted by Gasteiger charge is -2.28. The van der Waals surface area contributed by atoms with Gasteiger partial charge in [-0.05, 0) is 31.5 Å². The molecule has 1 fully saturated rings. The quantitative estimate of drug-likeness (QED) is 0.875. The zero-order valence-corrected chi connectivity index (χ0v) is 12.8. The predicted octanol–water partition coefficient (Wildman–Crippen LogP) is 2.21. The van der Waals surface area contributed by atoms with Crippen LogP contribution >= 0.6 is 0 Å². The number of benzene rings is 1. The summed E-state index contributed by atoms with van der Waals surface area (Å²) in [4.78, 5) is 13.4. The molecule has 21 heavy (non-hydrogen) atoms. The van der Waals surface area contributed by atoms with Gasteiger partial charge in [-0.2, -0.15) is 0 Å². The lowest BCUT2D eigenvalue weighted by atomic mass is 10.0. The molecule has 1 heterocycles. The highest BCUT2D eigenvalue weighted by Crippen LogP contribution is 2.29. The SMILES string of the molecule is CCCNC(C)c1cccc(F)c1N1CCNC(=O)CC1. The van der Waals surface area contributed by atoms with Crippen LogP contribution in [-0.4, -0.2) is 32.1 Å². The third-order valence-electron chi connectivity index (χ3n) is 3.81. The fourth-order valence-corrected chi connectivity index (χ4v) is 2.68. The first-order valence-corrected chi connectivity index (χ1v) is 7.67. The summed E-state index contributed by atoms with van der Waals surface area (Å²) in [5, 5.41) is 6.23. The van der Waals surface area contributed by atoms with E-state index >= 15 is 0 Å². The molecule has 5 heteroatoms. The summed E-state index contributed by atoms with van der Waals surface area (Å²) in [6.07, 6.45) is 1.45. The summed E-state index contributed by atoms with van der Waals surface area (Å²) in [6.45, 7) is 6.81. The monoisotopic (exact) mass is 293 g/mol. The molecule has 1 amide bonds. The number of hydrogen-bond donors (Lipinski definition) is 2. The average molecular weight is 293 g/mol. The topological polar surface area (TPSA) is 44.4 Å². The molecule has 0 radical (unpaired) electrons. The predicted molar refractivity (Wildman–Crippen MR) is 82.9 cm³/mol. The van der Waals surface area contributed by atoms with Gasteiger partial charge in [-0.3, -0.25) is 4.79 Å². The molecule has 1 aliphatic heterocycles. The number of rotatable bonds is 5. The van der Waals surface area contributed by atoms with Crippen LogP contribution in [0.2, 0.25) is 0 Å². The first-order chi connectivity index (χ1) is 10.1. The van der Waals surface area contributed by atoms with Gasteiger partial charge in [0.2, 0.25) is 5.91 Å². The summed E-state index contributed by atoms with van der Waals surface area (Å²) in [6, 6.07) is 5.29. The van der Waals surface area contributed by atoms with Gasteiger partial charge in [-0.15, -0.1) is 0 Å². The summed E-state index contributed by atoms with van der Waals surface area (Å²) in [7, 11) is 0. The van der Waals surface area contributed by atoms with Crippen LogP contribution in [0.5, 0.6) is 0 Å². The maximum atomic E-state index is 14.4. The highest BCUT2D eigenvalue weighted by atomic mass is 19.1. The largest absolute Gasteiger partial charge is 0.367 e. The van der Waals surface area contributed by atoms with Crippen LogP contribution in [0.1, 0.15) is 38.3 Å². The van der Waals surface area contributed by atoms with Crippen molar-refractivity contribution in [3.8, 4) is 0 Å². The van der Waals surface area contributed by atoms with Gasteiger partial charge in [-0.1, -0.05) is 19.1 Å². The van der Waals surface area contributed by atoms with Gasteiger partial charge in [0.15, 0.2) is 0 Å². The molecular formula is C16H24FN3O. The molecule has 1 aromatic rings. The van der Waals surface area contributed by atoms with E-state index in [1.807, 2.05) is 11.0 Å². The number of amides is 1. The number of anilines is 1. The van der Waals surface area contributed by atoms with E-state index in [2.05, 4.69) is 24.5 Å². The Balaban J connectivity index is 2.26. The summed E-state index contributed by atoms with van der Waals surface area (Å²) in [5.41, 5.74) is 1.59. The number of nitrogens with one attached hydrogen (secondary N) is 2. The van der Waals surface area contributed by atoms with Crippen molar-refractivity contribution in [1.29, 1.82) is 0 Å². The fourth-order valence-electron chi connectivity index (χ4n) is 2.68. The van der Waals surface area contributed by atoms with Crippen LogP contribution in [0.3, 0.4) is 0 Å². The molecule has 1 atom stereocenters. The van der Waals surface area contributed by atoms with Crippen LogP contribution in [0.15, 0.2) is 18.2 Å². The van der Waals surface area contributed by atoms with Crippen molar-refractivity contribution >= 4 is 11.6 Å². The minimum Gasteiger partial charge on any atom is -0.367 e. The number of carbonyl (C=O) groups is 1. The van der Waals surface area contributed by atoms with Crippen LogP contribution in [0.4, 0.5) is 10.1 Å². The van der Waals surface area contributed by atoms with Gasteiger partial charge in [0.1, 0.15) is 5.82 Å². The summed E-state index contributed by atoms with van der Waals surface area (Å²) >= 11 is 0. The number of hydrogen-bond acceptors (Lipinski definition) is 3. The van der Waals surface area contributed by atoms with Gasteiger partial charge < -0.3 is 15.5 Å². The van der Waals surface area contributed by atoms with E-state index in [9.17, 15) is 9.18 Å². The summed E-state index contributed by atoms with van der Waals surface area (Å²) < 4.78 is 14.4. The molecule has 4 nitrogen and oxygen atoms in total. The molecule has 116 valence electrons. The van der Waals surface area contributed by atoms with Gasteiger partial charge in [0.05, 0.1) is 5.69 Å². The Labute approximate surface area is 125 Å². The van der Waals surface area contributed by atoms with Crippen molar-refractivity contribution in [2.45, 2.75) is 32.7 Å². The highest BCUT2D eigenvalue weighted by Gasteiger charge is 2.21. The molecule has 2 N–H and O–H groups in total. The number of nitrogens with zero attached hydrogens (tertiary/aromatic N) is 1. The highest BCUT2D eigenvalue weighted by molar-refractivity contribution is 5.77. The van der Waals surface area contributed by atoms with Crippen molar-refractivity contribution in [1.82, 2.24) is 10.6 Å². The molecule has 1 aromatic carbocycles. The molecule has 0 aromatic heterocycles. The van der Waals surface area contributed by atoms with Gasteiger partial charge in [0.25, 0.3) is 0 Å². The van der Waals surface area contributed by atoms with Gasteiger partial charge >= 0.3 is 0 Å². The molecule has 0 bridgehead atoms. The van der Waals surface area contributed by atoms with Gasteiger partial charge in [-0.25, -0.2) is 4.39 Å².